The first-order chi connectivity index (χ1) is 39.2. The third-order valence-electron chi connectivity index (χ3n) is 9.63. The molecule has 5 aromatic carbocycles. The third-order valence-corrected chi connectivity index (χ3v) is 9.84. The number of nitrogens with zero attached hydrogens (tertiary/aromatic N) is 5. The number of phenolic OH excluding ortho intramolecular Hbond substituents is 2. The van der Waals surface area contributed by atoms with Gasteiger partial charge in [0, 0.05) is 44.2 Å². The van der Waals surface area contributed by atoms with Crippen molar-refractivity contribution in [3.8, 4) is 57.5 Å². The van der Waals surface area contributed by atoms with E-state index in [1.165, 1.54) is 48.7 Å². The molecule has 0 unspecified atom stereocenters. The summed E-state index contributed by atoms with van der Waals surface area (Å²) in [6.07, 6.45) is 0. The number of hydrogen-bond acceptors (Lipinski definition) is 29. The van der Waals surface area contributed by atoms with Gasteiger partial charge in [0.05, 0.1) is 112 Å². The number of carboxylic acids is 2. The number of nitro benzene ring substituents is 5. The number of hydrogen-bond donors (Lipinski definition) is 4. The Morgan fingerprint density at radius 2 is 0.595 bits per heavy atom. The number of aromatic hydroxyl groups is 2. The first kappa shape index (κ1) is 70.3. The van der Waals surface area contributed by atoms with Gasteiger partial charge in [-0.25, -0.2) is 19.2 Å². The molecule has 5 aromatic rings. The van der Waals surface area contributed by atoms with Gasteiger partial charge in [-0.15, -0.1) is 0 Å². The van der Waals surface area contributed by atoms with Crippen molar-refractivity contribution in [2.24, 2.45) is 0 Å². The second-order valence-electron chi connectivity index (χ2n) is 14.7. The van der Waals surface area contributed by atoms with Gasteiger partial charge < -0.3 is 67.8 Å². The Morgan fingerprint density at radius 1 is 0.369 bits per heavy atom. The number of carbonyl (C=O) groups excluding carboxylic acids is 5. The molecular weight excluding hydrogens is 1170 g/mol. The number of carbonyl (C=O) groups is 7. The summed E-state index contributed by atoms with van der Waals surface area (Å²) < 4.78 is 47.2. The van der Waals surface area contributed by atoms with E-state index < -0.39 is 117 Å². The Morgan fingerprint density at radius 3 is 0.881 bits per heavy atom. The van der Waals surface area contributed by atoms with Crippen LogP contribution < -0.4 is 37.9 Å². The maximum absolute atomic E-state index is 11.4. The van der Waals surface area contributed by atoms with E-state index in [0.29, 0.717) is 0 Å². The van der Waals surface area contributed by atoms with Crippen LogP contribution in [0, 0.1) is 50.6 Å². The van der Waals surface area contributed by atoms with E-state index in [0.717, 1.165) is 82.7 Å². The molecule has 0 fully saturated rings. The van der Waals surface area contributed by atoms with Gasteiger partial charge in [-0.05, 0) is 11.6 Å². The van der Waals surface area contributed by atoms with Crippen LogP contribution in [0.15, 0.2) is 60.7 Å². The molecule has 0 aliphatic rings. The number of halogens is 1. The molecule has 0 aromatic heterocycles. The minimum absolute atomic E-state index is 0.000185. The quantitative estimate of drug-likeness (QED) is 0.0235. The number of esters is 4. The smallest absolute Gasteiger partial charge is 0.345 e. The fraction of sp³-hybridized carbons (Fsp3) is 0.213. The minimum Gasteiger partial charge on any atom is -0.504 e. The predicted molar refractivity (Wildman–Crippen MR) is 278 cm³/mol. The molecule has 4 N–H and O–H groups in total. The highest BCUT2D eigenvalue weighted by Gasteiger charge is 2.29. The van der Waals surface area contributed by atoms with Crippen LogP contribution in [0.5, 0.6) is 57.5 Å². The number of nitro groups is 5. The lowest BCUT2D eigenvalue weighted by Crippen LogP contribution is -2.07. The zero-order chi connectivity index (χ0) is 64.6. The van der Waals surface area contributed by atoms with Gasteiger partial charge in [0.2, 0.25) is 0 Å². The summed E-state index contributed by atoms with van der Waals surface area (Å²) in [5.41, 5.74) is -4.74. The molecule has 0 radical (unpaired) electrons. The van der Waals surface area contributed by atoms with Crippen molar-refractivity contribution in [1.82, 2.24) is 0 Å². The van der Waals surface area contributed by atoms with Gasteiger partial charge in [0.15, 0.2) is 57.5 Å². The Hall–Kier alpha value is -11.7. The Balaban J connectivity index is 0.000000526. The average molecular weight is 1210 g/mol. The van der Waals surface area contributed by atoms with Gasteiger partial charge >= 0.3 is 35.8 Å². The molecule has 0 saturated carbocycles. The molecule has 0 bridgehead atoms. The summed E-state index contributed by atoms with van der Waals surface area (Å²) in [5, 5.41) is 88.5. The van der Waals surface area contributed by atoms with Crippen molar-refractivity contribution < 1.29 is 126 Å². The van der Waals surface area contributed by atoms with Crippen LogP contribution in [0.1, 0.15) is 65.6 Å². The summed E-state index contributed by atoms with van der Waals surface area (Å²) in [6.45, 7) is 2.24. The van der Waals surface area contributed by atoms with Crippen molar-refractivity contribution in [2.45, 2.75) is 13.8 Å². The molecule has 0 aliphatic carbocycles. The zero-order valence-electron chi connectivity index (χ0n) is 44.7. The van der Waals surface area contributed by atoms with Crippen molar-refractivity contribution >= 4 is 81.1 Å². The van der Waals surface area contributed by atoms with Gasteiger partial charge in [0.1, 0.15) is 27.8 Å². The van der Waals surface area contributed by atoms with Gasteiger partial charge in [-0.3, -0.25) is 65.0 Å². The molecule has 450 valence electrons. The minimum atomic E-state index is -1.48. The normalized spacial score (nSPS) is 9.65. The molecule has 0 amide bonds. The Labute approximate surface area is 473 Å². The lowest BCUT2D eigenvalue weighted by Gasteiger charge is -2.09. The SMILES string of the molecule is COC(=O)c1cc(OC)c(O)cc1[N+](=O)[O-].COC(=O)c1cc(OC)c(OC)cc1[N+](=O)[O-].COc1cc(C(=O)Cl)c([N+](=O)[O-])cc1OC(C)=O.COc1cc(C(=O)O)c([N+](=O)[O-])cc1O.COc1cc(C(=O)O)c([N+](=O)[O-])cc1OC(C)=O. The van der Waals surface area contributed by atoms with Crippen molar-refractivity contribution in [3.05, 3.63) is 139 Å². The summed E-state index contributed by atoms with van der Waals surface area (Å²) in [7, 11) is 9.92. The highest BCUT2D eigenvalue weighted by atomic mass is 35.5. The van der Waals surface area contributed by atoms with E-state index in [2.05, 4.69) is 14.2 Å². The van der Waals surface area contributed by atoms with Crippen LogP contribution in [0.2, 0.25) is 0 Å². The zero-order valence-corrected chi connectivity index (χ0v) is 45.5. The van der Waals surface area contributed by atoms with E-state index in [-0.39, 0.29) is 62.7 Å². The van der Waals surface area contributed by atoms with E-state index in [4.69, 9.17) is 55.0 Å². The summed E-state index contributed by atoms with van der Waals surface area (Å²) in [5.74, 6) is -7.09. The fourth-order valence-electron chi connectivity index (χ4n) is 6.00. The van der Waals surface area contributed by atoms with Crippen molar-refractivity contribution in [2.75, 3.05) is 56.9 Å². The molecule has 0 heterocycles. The maximum Gasteiger partial charge on any atom is 0.345 e. The van der Waals surface area contributed by atoms with Crippen LogP contribution in [0.3, 0.4) is 0 Å². The van der Waals surface area contributed by atoms with Crippen LogP contribution in [0.25, 0.3) is 0 Å². The summed E-state index contributed by atoms with van der Waals surface area (Å²) in [4.78, 5) is 126. The molecular formula is C47H44ClN5O31. The highest BCUT2D eigenvalue weighted by Crippen LogP contribution is 2.39. The molecule has 84 heavy (non-hydrogen) atoms. The number of rotatable bonds is 18. The molecule has 37 heteroatoms. The topological polar surface area (TPSA) is 508 Å². The Kier molecular flexibility index (Phi) is 27.1. The van der Waals surface area contributed by atoms with Gasteiger partial charge in [0.25, 0.3) is 33.7 Å². The molecule has 0 spiro atoms. The largest absolute Gasteiger partial charge is 0.504 e. The lowest BCUT2D eigenvalue weighted by atomic mass is 10.1. The van der Waals surface area contributed by atoms with E-state index in [1.807, 2.05) is 0 Å². The number of methoxy groups -OCH3 is 8. The molecule has 5 rings (SSSR count). The average Bonchev–Trinajstić information content (AvgIpc) is 3.44. The van der Waals surface area contributed by atoms with E-state index >= 15 is 0 Å². The number of ether oxygens (including phenoxy) is 10. The number of aromatic carboxylic acids is 2. The van der Waals surface area contributed by atoms with Crippen molar-refractivity contribution in [3.63, 3.8) is 0 Å². The second-order valence-corrected chi connectivity index (χ2v) is 15.0. The van der Waals surface area contributed by atoms with E-state index in [9.17, 15) is 94.3 Å². The molecule has 0 saturated heterocycles. The fourth-order valence-corrected chi connectivity index (χ4v) is 6.15. The standard InChI is InChI=1S/C10H8ClNO6.C10H9NO7.C10H11NO6.C9H9NO6.C8H7NO6/c1-5(13)18-9-4-7(12(15)16)6(10(11)14)3-8(9)17-2;1-5(12)18-9-4-7(11(15)16)6(10(13)14)3-8(9)17-2;1-15-8-4-6(10(12)17-3)7(11(13)14)5-9(8)16-2;1-15-8-3-5(9(12)16-2)6(10(13)14)4-7(8)11;1-15-7-2-4(8(11)12)5(9(13)14)3-6(7)10/h3-4H,1-2H3;3-4H,1-2H3,(H,13,14);4-5H,1-3H3;3-4,11H,1-2H3;2-3,10H,1H3,(H,11,12). The van der Waals surface area contributed by atoms with Crippen LogP contribution in [-0.2, 0) is 19.1 Å². The molecule has 0 atom stereocenters. The van der Waals surface area contributed by atoms with Gasteiger partial charge in [-0.1, -0.05) is 0 Å². The first-order valence-electron chi connectivity index (χ1n) is 21.7. The van der Waals surface area contributed by atoms with Gasteiger partial charge in [-0.2, -0.15) is 0 Å². The lowest BCUT2D eigenvalue weighted by molar-refractivity contribution is -0.385. The predicted octanol–water partition coefficient (Wildman–Crippen LogP) is 6.64. The summed E-state index contributed by atoms with van der Waals surface area (Å²) in [6, 6.07) is 9.58. The molecule has 0 aliphatic heterocycles. The number of phenols is 2. The second kappa shape index (κ2) is 32.4. The molecule has 36 nitrogen and oxygen atoms in total. The van der Waals surface area contributed by atoms with Crippen LogP contribution in [0.4, 0.5) is 28.4 Å². The monoisotopic (exact) mass is 1210 g/mol. The third kappa shape index (κ3) is 19.3. The number of benzene rings is 5. The summed E-state index contributed by atoms with van der Waals surface area (Å²) >= 11 is 5.23. The highest BCUT2D eigenvalue weighted by molar-refractivity contribution is 6.68. The van der Waals surface area contributed by atoms with Crippen molar-refractivity contribution in [1.29, 1.82) is 0 Å². The maximum atomic E-state index is 11.4. The number of carboxylic acid groups (broad SMARTS) is 2. The first-order valence-corrected chi connectivity index (χ1v) is 22.1. The Bertz CT molecular complexity index is 3310. The van der Waals surface area contributed by atoms with Crippen LogP contribution in [-0.4, -0.2) is 143 Å². The van der Waals surface area contributed by atoms with Crippen LogP contribution >= 0.6 is 11.6 Å². The van der Waals surface area contributed by atoms with E-state index in [1.54, 1.807) is 0 Å².